The van der Waals surface area contributed by atoms with Gasteiger partial charge in [-0.1, -0.05) is 30.3 Å². The van der Waals surface area contributed by atoms with Crippen LogP contribution in [-0.4, -0.2) is 54.9 Å². The molecule has 1 amide bonds. The number of nitrogens with one attached hydrogen (secondary N) is 2. The number of likely N-dealkylation sites (tertiary alicyclic amines) is 1. The maximum absolute atomic E-state index is 13.1. The maximum atomic E-state index is 13.1. The maximum Gasteiger partial charge on any atom is 0.275 e. The standard InChI is InChI=1S/C25H28N4O3S2/c1-31-16-26-25(33)29-12-10-18(11-13-29)24-28-22(15-34-24)23(30)27-21-14-19(32-2)8-9-20(21)17-6-4-3-5-7-17/h3-9,14-15,18H,10-13,16H2,1-2H3,(H,26,33)(H,27,30). The number of benzene rings is 2. The minimum atomic E-state index is -0.227. The summed E-state index contributed by atoms with van der Waals surface area (Å²) in [5.41, 5.74) is 3.07. The lowest BCUT2D eigenvalue weighted by Crippen LogP contribution is -2.44. The average molecular weight is 497 g/mol. The number of hydrogen-bond donors (Lipinski definition) is 2. The van der Waals surface area contributed by atoms with Crippen LogP contribution in [0.15, 0.2) is 53.9 Å². The van der Waals surface area contributed by atoms with Gasteiger partial charge in [0.2, 0.25) is 0 Å². The van der Waals surface area contributed by atoms with E-state index in [0.717, 1.165) is 42.1 Å². The van der Waals surface area contributed by atoms with Crippen molar-refractivity contribution < 1.29 is 14.3 Å². The quantitative estimate of drug-likeness (QED) is 0.362. The van der Waals surface area contributed by atoms with Gasteiger partial charge in [0.15, 0.2) is 5.11 Å². The summed E-state index contributed by atoms with van der Waals surface area (Å²) in [6.45, 7) is 2.11. The number of piperidine rings is 1. The Hall–Kier alpha value is -3.01. The molecule has 2 N–H and O–H groups in total. The van der Waals surface area contributed by atoms with Gasteiger partial charge in [-0.3, -0.25) is 4.79 Å². The van der Waals surface area contributed by atoms with E-state index in [1.807, 2.05) is 53.9 Å². The molecule has 0 unspecified atom stereocenters. The number of methoxy groups -OCH3 is 2. The van der Waals surface area contributed by atoms with Crippen molar-refractivity contribution in [3.63, 3.8) is 0 Å². The molecule has 1 saturated heterocycles. The summed E-state index contributed by atoms with van der Waals surface area (Å²) in [5.74, 6) is 0.777. The number of anilines is 1. The molecule has 4 rings (SSSR count). The second-order valence-corrected chi connectivity index (χ2v) is 9.26. The lowest BCUT2D eigenvalue weighted by atomic mass is 9.98. The molecule has 1 aliphatic rings. The molecule has 3 aromatic rings. The van der Waals surface area contributed by atoms with Crippen LogP contribution in [0.1, 0.15) is 34.3 Å². The Kier molecular flexibility index (Phi) is 8.10. The lowest BCUT2D eigenvalue weighted by molar-refractivity contribution is 0.102. The van der Waals surface area contributed by atoms with Gasteiger partial charge in [0.1, 0.15) is 18.2 Å². The summed E-state index contributed by atoms with van der Waals surface area (Å²) in [7, 11) is 3.25. The zero-order valence-corrected chi connectivity index (χ0v) is 20.9. The first-order valence-corrected chi connectivity index (χ1v) is 12.4. The van der Waals surface area contributed by atoms with E-state index in [2.05, 4.69) is 20.5 Å². The number of rotatable bonds is 7. The Morgan fingerprint density at radius 1 is 1.18 bits per heavy atom. The van der Waals surface area contributed by atoms with Gasteiger partial charge in [-0.2, -0.15) is 0 Å². The van der Waals surface area contributed by atoms with Crippen LogP contribution in [0.3, 0.4) is 0 Å². The molecule has 1 fully saturated rings. The first-order chi connectivity index (χ1) is 16.6. The molecular weight excluding hydrogens is 468 g/mol. The molecule has 1 aromatic heterocycles. The SMILES string of the molecule is COCNC(=S)N1CCC(c2nc(C(=O)Nc3cc(OC)ccc3-c3ccccc3)cs2)CC1. The Balaban J connectivity index is 1.43. The number of carbonyl (C=O) groups is 1. The van der Waals surface area contributed by atoms with E-state index in [0.29, 0.717) is 34.9 Å². The minimum absolute atomic E-state index is 0.227. The van der Waals surface area contributed by atoms with E-state index in [-0.39, 0.29) is 5.91 Å². The van der Waals surface area contributed by atoms with Crippen LogP contribution in [0.2, 0.25) is 0 Å². The molecule has 0 bridgehead atoms. The highest BCUT2D eigenvalue weighted by Gasteiger charge is 2.25. The summed E-state index contributed by atoms with van der Waals surface area (Å²) in [5, 5.41) is 9.67. The van der Waals surface area contributed by atoms with Crippen LogP contribution in [0.25, 0.3) is 11.1 Å². The first kappa shape index (κ1) is 24.1. The normalized spacial score (nSPS) is 14.0. The molecule has 34 heavy (non-hydrogen) atoms. The molecule has 0 saturated carbocycles. The molecule has 1 aliphatic heterocycles. The van der Waals surface area contributed by atoms with Gasteiger partial charge < -0.3 is 25.0 Å². The Labute approximate surface area is 209 Å². The van der Waals surface area contributed by atoms with Gasteiger partial charge in [-0.15, -0.1) is 11.3 Å². The molecule has 2 aromatic carbocycles. The fourth-order valence-electron chi connectivity index (χ4n) is 3.96. The number of aromatic nitrogens is 1. The first-order valence-electron chi connectivity index (χ1n) is 11.1. The highest BCUT2D eigenvalue weighted by Crippen LogP contribution is 2.33. The van der Waals surface area contributed by atoms with E-state index >= 15 is 0 Å². The number of carbonyl (C=O) groups excluding carboxylic acids is 1. The number of nitrogens with zero attached hydrogens (tertiary/aromatic N) is 2. The van der Waals surface area contributed by atoms with Crippen molar-refractivity contribution in [3.8, 4) is 16.9 Å². The third kappa shape index (κ3) is 5.72. The Morgan fingerprint density at radius 3 is 2.65 bits per heavy atom. The van der Waals surface area contributed by atoms with Crippen molar-refractivity contribution in [2.75, 3.05) is 39.4 Å². The number of thiazole rings is 1. The second kappa shape index (κ2) is 11.4. The van der Waals surface area contributed by atoms with Crippen LogP contribution in [0, 0.1) is 0 Å². The Bertz CT molecular complexity index is 1130. The summed E-state index contributed by atoms with van der Waals surface area (Å²) < 4.78 is 10.4. The van der Waals surface area contributed by atoms with Gasteiger partial charge >= 0.3 is 0 Å². The van der Waals surface area contributed by atoms with Crippen molar-refractivity contribution in [1.82, 2.24) is 15.2 Å². The summed E-state index contributed by atoms with van der Waals surface area (Å²) in [4.78, 5) is 19.9. The molecule has 178 valence electrons. The molecule has 0 spiro atoms. The van der Waals surface area contributed by atoms with Crippen molar-refractivity contribution >= 4 is 40.3 Å². The molecule has 7 nitrogen and oxygen atoms in total. The lowest BCUT2D eigenvalue weighted by Gasteiger charge is -2.33. The predicted octanol–water partition coefficient (Wildman–Crippen LogP) is 4.73. The molecule has 0 radical (unpaired) electrons. The van der Waals surface area contributed by atoms with Crippen molar-refractivity contribution in [2.45, 2.75) is 18.8 Å². The van der Waals surface area contributed by atoms with Crippen LogP contribution in [-0.2, 0) is 4.74 Å². The monoisotopic (exact) mass is 496 g/mol. The summed E-state index contributed by atoms with van der Waals surface area (Å²) in [6, 6.07) is 15.6. The second-order valence-electron chi connectivity index (χ2n) is 7.98. The minimum Gasteiger partial charge on any atom is -0.497 e. The van der Waals surface area contributed by atoms with Crippen LogP contribution < -0.4 is 15.4 Å². The van der Waals surface area contributed by atoms with Gasteiger partial charge in [-0.25, -0.2) is 4.98 Å². The molecule has 0 aliphatic carbocycles. The topological polar surface area (TPSA) is 75.7 Å². The number of hydrogen-bond acceptors (Lipinski definition) is 6. The van der Waals surface area contributed by atoms with Gasteiger partial charge in [0.25, 0.3) is 5.91 Å². The highest BCUT2D eigenvalue weighted by atomic mass is 32.1. The van der Waals surface area contributed by atoms with E-state index < -0.39 is 0 Å². The summed E-state index contributed by atoms with van der Waals surface area (Å²) >= 11 is 6.96. The van der Waals surface area contributed by atoms with Crippen LogP contribution >= 0.6 is 23.6 Å². The largest absolute Gasteiger partial charge is 0.497 e. The van der Waals surface area contributed by atoms with Crippen molar-refractivity contribution in [1.29, 1.82) is 0 Å². The number of thiocarbonyl (C=S) groups is 1. The summed E-state index contributed by atoms with van der Waals surface area (Å²) in [6.07, 6.45) is 1.88. The molecular formula is C25H28N4O3S2. The predicted molar refractivity (Wildman–Crippen MR) is 140 cm³/mol. The van der Waals surface area contributed by atoms with Gasteiger partial charge in [-0.05, 0) is 42.8 Å². The zero-order chi connectivity index (χ0) is 23.9. The number of amides is 1. The number of ether oxygens (including phenoxy) is 2. The van der Waals surface area contributed by atoms with Gasteiger partial charge in [0, 0.05) is 43.1 Å². The molecule has 0 atom stereocenters. The average Bonchev–Trinajstić information content (AvgIpc) is 3.38. The van der Waals surface area contributed by atoms with Crippen molar-refractivity contribution in [3.05, 3.63) is 64.6 Å². The third-order valence-corrected chi connectivity index (χ3v) is 7.22. The van der Waals surface area contributed by atoms with Crippen molar-refractivity contribution in [2.24, 2.45) is 0 Å². The third-order valence-electron chi connectivity index (χ3n) is 5.81. The fourth-order valence-corrected chi connectivity index (χ4v) is 5.18. The fraction of sp³-hybridized carbons (Fsp3) is 0.320. The van der Waals surface area contributed by atoms with E-state index in [1.54, 1.807) is 25.6 Å². The van der Waals surface area contributed by atoms with E-state index in [9.17, 15) is 4.79 Å². The van der Waals surface area contributed by atoms with Crippen LogP contribution in [0.5, 0.6) is 5.75 Å². The molecule has 9 heteroatoms. The highest BCUT2D eigenvalue weighted by molar-refractivity contribution is 7.80. The molecule has 2 heterocycles. The van der Waals surface area contributed by atoms with E-state index in [4.69, 9.17) is 21.7 Å². The van der Waals surface area contributed by atoms with Gasteiger partial charge in [0.05, 0.1) is 17.8 Å². The Morgan fingerprint density at radius 2 is 1.94 bits per heavy atom. The van der Waals surface area contributed by atoms with Crippen LogP contribution in [0.4, 0.5) is 5.69 Å². The van der Waals surface area contributed by atoms with E-state index in [1.165, 1.54) is 0 Å². The zero-order valence-electron chi connectivity index (χ0n) is 19.2. The smallest absolute Gasteiger partial charge is 0.275 e.